The minimum atomic E-state index is -0.314. The molecule has 20 heavy (non-hydrogen) atoms. The van der Waals surface area contributed by atoms with Crippen molar-refractivity contribution >= 4 is 11.8 Å². The normalized spacial score (nSPS) is 17.4. The van der Waals surface area contributed by atoms with Gasteiger partial charge in [0.15, 0.2) is 0 Å². The van der Waals surface area contributed by atoms with Crippen LogP contribution < -0.4 is 5.32 Å². The quantitative estimate of drug-likeness (QED) is 0.694. The number of nitrogens with zero attached hydrogens (tertiary/aromatic N) is 1. The minimum absolute atomic E-state index is 0.314. The van der Waals surface area contributed by atoms with E-state index in [9.17, 15) is 5.26 Å². The van der Waals surface area contributed by atoms with Gasteiger partial charge in [-0.3, -0.25) is 5.32 Å². The summed E-state index contributed by atoms with van der Waals surface area (Å²) in [6.45, 7) is 2.04. The molecule has 1 atom stereocenters. The molecular weight excluding hydrogens is 264 g/mol. The van der Waals surface area contributed by atoms with Crippen molar-refractivity contribution in [3.05, 3.63) is 35.9 Å². The number of thioether (sulfide) groups is 1. The summed E-state index contributed by atoms with van der Waals surface area (Å²) in [4.78, 5) is 0. The Morgan fingerprint density at radius 1 is 1.30 bits per heavy atom. The highest BCUT2D eigenvalue weighted by Crippen LogP contribution is 2.25. The Bertz CT molecular complexity index is 436. The van der Waals surface area contributed by atoms with Crippen molar-refractivity contribution < 1.29 is 0 Å². The van der Waals surface area contributed by atoms with E-state index >= 15 is 0 Å². The Morgan fingerprint density at radius 3 is 2.70 bits per heavy atom. The zero-order chi connectivity index (χ0) is 14.3. The lowest BCUT2D eigenvalue weighted by molar-refractivity contribution is 0.402. The predicted molar refractivity (Wildman–Crippen MR) is 86.6 cm³/mol. The SMILES string of the molecule is CC(C#N)(CCCCSCc1ccccc1)NC1CC1. The molecule has 2 rings (SSSR count). The average molecular weight is 288 g/mol. The lowest BCUT2D eigenvalue weighted by Gasteiger charge is -2.23. The number of unbranched alkanes of at least 4 members (excludes halogenated alkanes) is 1. The Hall–Kier alpha value is -0.980. The van der Waals surface area contributed by atoms with Crippen LogP contribution in [0.4, 0.5) is 0 Å². The van der Waals surface area contributed by atoms with Crippen molar-refractivity contribution in [2.45, 2.75) is 56.4 Å². The van der Waals surface area contributed by atoms with Crippen LogP contribution in [0, 0.1) is 11.3 Å². The van der Waals surface area contributed by atoms with Crippen molar-refractivity contribution in [3.63, 3.8) is 0 Å². The molecule has 0 radical (unpaired) electrons. The third-order valence-corrected chi connectivity index (χ3v) is 4.79. The van der Waals surface area contributed by atoms with Crippen LogP contribution in [0.1, 0.15) is 44.6 Å². The van der Waals surface area contributed by atoms with Gasteiger partial charge in [0, 0.05) is 11.8 Å². The largest absolute Gasteiger partial charge is 0.297 e. The van der Waals surface area contributed by atoms with Gasteiger partial charge in [0.1, 0.15) is 5.54 Å². The van der Waals surface area contributed by atoms with Gasteiger partial charge in [0.25, 0.3) is 0 Å². The number of rotatable bonds is 9. The maximum Gasteiger partial charge on any atom is 0.104 e. The maximum atomic E-state index is 9.30. The fraction of sp³-hybridized carbons (Fsp3) is 0.588. The fourth-order valence-electron chi connectivity index (χ4n) is 2.29. The van der Waals surface area contributed by atoms with Gasteiger partial charge >= 0.3 is 0 Å². The molecule has 1 aliphatic carbocycles. The number of benzene rings is 1. The van der Waals surface area contributed by atoms with Gasteiger partial charge in [-0.05, 0) is 50.3 Å². The summed E-state index contributed by atoms with van der Waals surface area (Å²) in [6, 6.07) is 13.7. The van der Waals surface area contributed by atoms with Gasteiger partial charge in [-0.1, -0.05) is 30.3 Å². The highest BCUT2D eigenvalue weighted by molar-refractivity contribution is 7.98. The minimum Gasteiger partial charge on any atom is -0.297 e. The summed E-state index contributed by atoms with van der Waals surface area (Å²) in [6.07, 6.45) is 5.77. The fourth-order valence-corrected chi connectivity index (χ4v) is 3.27. The zero-order valence-corrected chi connectivity index (χ0v) is 13.1. The number of nitrogens with one attached hydrogen (secondary N) is 1. The lowest BCUT2D eigenvalue weighted by atomic mass is 9.96. The van der Waals surface area contributed by atoms with E-state index in [0.717, 1.165) is 18.6 Å². The Morgan fingerprint density at radius 2 is 2.05 bits per heavy atom. The van der Waals surface area contributed by atoms with Gasteiger partial charge in [-0.2, -0.15) is 17.0 Å². The first-order valence-electron chi connectivity index (χ1n) is 7.52. The van der Waals surface area contributed by atoms with Crippen molar-refractivity contribution in [1.82, 2.24) is 5.32 Å². The molecule has 0 heterocycles. The molecule has 1 fully saturated rings. The van der Waals surface area contributed by atoms with Crippen LogP contribution >= 0.6 is 11.8 Å². The molecule has 1 unspecified atom stereocenters. The van der Waals surface area contributed by atoms with E-state index in [4.69, 9.17) is 0 Å². The van der Waals surface area contributed by atoms with Crippen molar-refractivity contribution in [2.75, 3.05) is 5.75 Å². The Kier molecular flexibility index (Phi) is 5.94. The molecule has 0 spiro atoms. The average Bonchev–Trinajstić information content (AvgIpc) is 3.27. The molecule has 1 aliphatic rings. The first-order valence-corrected chi connectivity index (χ1v) is 8.68. The van der Waals surface area contributed by atoms with E-state index in [1.54, 1.807) is 0 Å². The molecule has 3 heteroatoms. The standard InChI is InChI=1S/C17H24N2S/c1-17(14-18,19-16-9-10-16)11-5-6-12-20-13-15-7-3-2-4-8-15/h2-4,7-8,16,19H,5-6,9-13H2,1H3. The first-order chi connectivity index (χ1) is 9.72. The van der Waals surface area contributed by atoms with E-state index in [1.165, 1.54) is 30.6 Å². The Balaban J connectivity index is 1.55. The molecule has 1 aromatic rings. The molecular formula is C17H24N2S. The Labute approximate surface area is 127 Å². The summed E-state index contributed by atoms with van der Waals surface area (Å²) in [5, 5.41) is 12.8. The van der Waals surface area contributed by atoms with Gasteiger partial charge in [-0.25, -0.2) is 0 Å². The topological polar surface area (TPSA) is 35.8 Å². The molecule has 1 saturated carbocycles. The van der Waals surface area contributed by atoms with Crippen molar-refractivity contribution in [3.8, 4) is 6.07 Å². The third-order valence-electron chi connectivity index (χ3n) is 3.67. The molecule has 0 aliphatic heterocycles. The van der Waals surface area contributed by atoms with E-state index in [2.05, 4.69) is 41.7 Å². The monoisotopic (exact) mass is 288 g/mol. The number of hydrogen-bond acceptors (Lipinski definition) is 3. The van der Waals surface area contributed by atoms with Gasteiger partial charge in [-0.15, -0.1) is 0 Å². The molecule has 0 bridgehead atoms. The van der Waals surface area contributed by atoms with E-state index in [-0.39, 0.29) is 5.54 Å². The third kappa shape index (κ3) is 5.56. The van der Waals surface area contributed by atoms with Crippen LogP contribution in [-0.2, 0) is 5.75 Å². The molecule has 2 nitrogen and oxygen atoms in total. The van der Waals surface area contributed by atoms with Gasteiger partial charge in [0.2, 0.25) is 0 Å². The second kappa shape index (κ2) is 7.71. The van der Waals surface area contributed by atoms with E-state index < -0.39 is 0 Å². The van der Waals surface area contributed by atoms with Gasteiger partial charge in [0.05, 0.1) is 6.07 Å². The molecule has 0 amide bonds. The molecule has 0 aromatic heterocycles. The highest BCUT2D eigenvalue weighted by atomic mass is 32.2. The zero-order valence-electron chi connectivity index (χ0n) is 12.3. The summed E-state index contributed by atoms with van der Waals surface area (Å²) in [5.41, 5.74) is 1.08. The van der Waals surface area contributed by atoms with Crippen LogP contribution in [-0.4, -0.2) is 17.3 Å². The summed E-state index contributed by atoms with van der Waals surface area (Å²) < 4.78 is 0. The maximum absolute atomic E-state index is 9.30. The van der Waals surface area contributed by atoms with Crippen molar-refractivity contribution in [2.24, 2.45) is 0 Å². The lowest BCUT2D eigenvalue weighted by Crippen LogP contribution is -2.42. The van der Waals surface area contributed by atoms with E-state index in [0.29, 0.717) is 6.04 Å². The van der Waals surface area contributed by atoms with Crippen LogP contribution in [0.25, 0.3) is 0 Å². The molecule has 0 saturated heterocycles. The van der Waals surface area contributed by atoms with Crippen LogP contribution in [0.2, 0.25) is 0 Å². The molecule has 108 valence electrons. The van der Waals surface area contributed by atoms with Crippen LogP contribution in [0.15, 0.2) is 30.3 Å². The summed E-state index contributed by atoms with van der Waals surface area (Å²) >= 11 is 1.99. The number of nitriles is 1. The van der Waals surface area contributed by atoms with Crippen LogP contribution in [0.5, 0.6) is 0 Å². The second-order valence-electron chi connectivity index (χ2n) is 5.86. The van der Waals surface area contributed by atoms with E-state index in [1.807, 2.05) is 18.7 Å². The highest BCUT2D eigenvalue weighted by Gasteiger charge is 2.31. The molecule has 1 N–H and O–H groups in total. The predicted octanol–water partition coefficient (Wildman–Crippen LogP) is 4.12. The molecule has 1 aromatic carbocycles. The summed E-state index contributed by atoms with van der Waals surface area (Å²) in [7, 11) is 0. The number of hydrogen-bond donors (Lipinski definition) is 1. The van der Waals surface area contributed by atoms with Crippen LogP contribution in [0.3, 0.4) is 0 Å². The van der Waals surface area contributed by atoms with Crippen molar-refractivity contribution in [1.29, 1.82) is 5.26 Å². The summed E-state index contributed by atoms with van der Waals surface area (Å²) in [5.74, 6) is 2.27. The smallest absolute Gasteiger partial charge is 0.104 e. The second-order valence-corrected chi connectivity index (χ2v) is 6.96. The van der Waals surface area contributed by atoms with Gasteiger partial charge < -0.3 is 0 Å². The first kappa shape index (κ1) is 15.4.